The Bertz CT molecular complexity index is 837. The molecule has 2 rings (SSSR count). The van der Waals surface area contributed by atoms with Crippen LogP contribution in [0.5, 0.6) is 0 Å². The van der Waals surface area contributed by atoms with Crippen LogP contribution in [-0.2, 0) is 20.2 Å². The molecule has 0 fully saturated rings. The quantitative estimate of drug-likeness (QED) is 0.422. The number of hydrogen-bond acceptors (Lipinski definition) is 6. The highest BCUT2D eigenvalue weighted by Crippen LogP contribution is 2.09. The first-order chi connectivity index (χ1) is 14.4. The van der Waals surface area contributed by atoms with Crippen LogP contribution < -0.4 is 0 Å². The van der Waals surface area contributed by atoms with Gasteiger partial charge in [0.2, 0.25) is 0 Å². The maximum atomic E-state index is 10.4. The molecule has 176 valence electrons. The van der Waals surface area contributed by atoms with Crippen LogP contribution in [0.15, 0.2) is 70.5 Å². The molecule has 8 nitrogen and oxygen atoms in total. The zero-order valence-electron chi connectivity index (χ0n) is 17.7. The fourth-order valence-corrected chi connectivity index (χ4v) is 3.40. The highest BCUT2D eigenvalue weighted by Gasteiger charge is 2.09. The Kier molecular flexibility index (Phi) is 14.2. The minimum absolute atomic E-state index is 0.0741. The summed E-state index contributed by atoms with van der Waals surface area (Å²) in [5, 5.41) is 18.6. The third-order valence-corrected chi connectivity index (χ3v) is 5.61. The summed E-state index contributed by atoms with van der Waals surface area (Å²) in [7, 11) is -8.01. The molecule has 2 atom stereocenters. The van der Waals surface area contributed by atoms with Crippen molar-refractivity contribution in [2.24, 2.45) is 0 Å². The van der Waals surface area contributed by atoms with E-state index >= 15 is 0 Å². The molecule has 2 unspecified atom stereocenters. The fraction of sp³-hybridized carbons (Fsp3) is 0.429. The van der Waals surface area contributed by atoms with Crippen LogP contribution in [0, 0.1) is 0 Å². The van der Waals surface area contributed by atoms with Crippen molar-refractivity contribution in [1.29, 1.82) is 0 Å². The summed E-state index contributed by atoms with van der Waals surface area (Å²) in [6.45, 7) is 4.07. The monoisotopic (exact) mass is 476 g/mol. The largest absolute Gasteiger partial charge is 0.393 e. The maximum Gasteiger partial charge on any atom is 0.294 e. The zero-order valence-corrected chi connectivity index (χ0v) is 19.3. The van der Waals surface area contributed by atoms with E-state index in [9.17, 15) is 27.0 Å². The van der Waals surface area contributed by atoms with Gasteiger partial charge in [0, 0.05) is 0 Å². The molecule has 0 saturated carbocycles. The first kappa shape index (κ1) is 29.2. The highest BCUT2D eigenvalue weighted by molar-refractivity contribution is 7.86. The topological polar surface area (TPSA) is 149 Å². The van der Waals surface area contributed by atoms with Crippen LogP contribution in [0.1, 0.15) is 46.0 Å². The first-order valence-electron chi connectivity index (χ1n) is 9.83. The van der Waals surface area contributed by atoms with Crippen LogP contribution in [-0.4, -0.2) is 48.4 Å². The van der Waals surface area contributed by atoms with Crippen LogP contribution in [0.25, 0.3) is 0 Å². The Hall–Kier alpha value is -1.82. The number of rotatable bonds is 8. The third kappa shape index (κ3) is 14.8. The van der Waals surface area contributed by atoms with Gasteiger partial charge in [-0.2, -0.15) is 16.8 Å². The van der Waals surface area contributed by atoms with Gasteiger partial charge in [-0.25, -0.2) is 0 Å². The molecule has 31 heavy (non-hydrogen) atoms. The SMILES string of the molecule is CCCC(O)CC(O)CCC.O=S(=O)(O)c1ccccc1.O=S(=O)(O)c1ccccc1. The van der Waals surface area contributed by atoms with Crippen LogP contribution >= 0.6 is 0 Å². The average Bonchev–Trinajstić information content (AvgIpc) is 2.69. The van der Waals surface area contributed by atoms with Gasteiger partial charge in [-0.15, -0.1) is 0 Å². The summed E-state index contributed by atoms with van der Waals surface area (Å²) in [5.41, 5.74) is 0. The molecule has 2 aromatic rings. The van der Waals surface area contributed by atoms with Crippen molar-refractivity contribution in [2.75, 3.05) is 0 Å². The Morgan fingerprint density at radius 1 is 0.645 bits per heavy atom. The molecule has 0 radical (unpaired) electrons. The Balaban J connectivity index is 0.000000436. The first-order valence-corrected chi connectivity index (χ1v) is 12.7. The highest BCUT2D eigenvalue weighted by atomic mass is 32.2. The molecule has 0 aliphatic carbocycles. The predicted molar refractivity (Wildman–Crippen MR) is 119 cm³/mol. The lowest BCUT2D eigenvalue weighted by atomic mass is 10.0. The van der Waals surface area contributed by atoms with Crippen LogP contribution in [0.4, 0.5) is 0 Å². The lowest BCUT2D eigenvalue weighted by molar-refractivity contribution is 0.0703. The fourth-order valence-electron chi connectivity index (χ4n) is 2.40. The lowest BCUT2D eigenvalue weighted by Gasteiger charge is -2.13. The third-order valence-electron chi connectivity index (χ3n) is 3.87. The Labute approximate surface area is 185 Å². The van der Waals surface area contributed by atoms with Gasteiger partial charge in [-0.1, -0.05) is 63.1 Å². The molecular weight excluding hydrogens is 444 g/mol. The van der Waals surface area contributed by atoms with Gasteiger partial charge >= 0.3 is 0 Å². The Morgan fingerprint density at radius 2 is 0.935 bits per heavy atom. The molecule has 0 spiro atoms. The number of aliphatic hydroxyl groups is 2. The number of benzene rings is 2. The van der Waals surface area contributed by atoms with Gasteiger partial charge < -0.3 is 10.2 Å². The predicted octanol–water partition coefficient (Wildman–Crippen LogP) is 3.57. The normalized spacial score (nSPS) is 13.1. The summed E-state index contributed by atoms with van der Waals surface area (Å²) in [4.78, 5) is -0.148. The van der Waals surface area contributed by atoms with Crippen molar-refractivity contribution in [3.8, 4) is 0 Å². The molecule has 0 aliphatic rings. The summed E-state index contributed by atoms with van der Waals surface area (Å²) in [5.74, 6) is 0. The molecule has 2 aromatic carbocycles. The molecule has 4 N–H and O–H groups in total. The van der Waals surface area contributed by atoms with E-state index in [-0.39, 0.29) is 22.0 Å². The number of hydrogen-bond donors (Lipinski definition) is 4. The van der Waals surface area contributed by atoms with Crippen molar-refractivity contribution in [1.82, 2.24) is 0 Å². The summed E-state index contributed by atoms with van der Waals surface area (Å²) in [6.07, 6.45) is 3.52. The van der Waals surface area contributed by atoms with Gasteiger partial charge in [-0.05, 0) is 43.5 Å². The smallest absolute Gasteiger partial charge is 0.294 e. The van der Waals surface area contributed by atoms with E-state index < -0.39 is 20.2 Å². The lowest BCUT2D eigenvalue weighted by Crippen LogP contribution is -2.16. The Morgan fingerprint density at radius 3 is 1.13 bits per heavy atom. The van der Waals surface area contributed by atoms with E-state index in [2.05, 4.69) is 0 Å². The average molecular weight is 477 g/mol. The molecule has 0 bridgehead atoms. The molecule has 0 aromatic heterocycles. The summed E-state index contributed by atoms with van der Waals surface area (Å²) >= 11 is 0. The van der Waals surface area contributed by atoms with Crippen molar-refractivity contribution in [2.45, 2.75) is 68.0 Å². The van der Waals surface area contributed by atoms with Gasteiger partial charge in [-0.3, -0.25) is 9.11 Å². The van der Waals surface area contributed by atoms with Crippen molar-refractivity contribution >= 4 is 20.2 Å². The second-order valence-electron chi connectivity index (χ2n) is 6.70. The summed E-state index contributed by atoms with van der Waals surface area (Å²) in [6, 6.07) is 14.8. The van der Waals surface area contributed by atoms with Crippen LogP contribution in [0.3, 0.4) is 0 Å². The van der Waals surface area contributed by atoms with Gasteiger partial charge in [0.25, 0.3) is 20.2 Å². The van der Waals surface area contributed by atoms with Gasteiger partial charge in [0.1, 0.15) is 0 Å². The minimum atomic E-state index is -4.00. The van der Waals surface area contributed by atoms with Crippen molar-refractivity contribution < 1.29 is 36.2 Å². The summed E-state index contributed by atoms with van der Waals surface area (Å²) < 4.78 is 58.5. The molecule has 10 heteroatoms. The second-order valence-corrected chi connectivity index (χ2v) is 9.54. The molecule has 0 aliphatic heterocycles. The van der Waals surface area contributed by atoms with Gasteiger partial charge in [0.05, 0.1) is 22.0 Å². The van der Waals surface area contributed by atoms with Gasteiger partial charge in [0.15, 0.2) is 0 Å². The minimum Gasteiger partial charge on any atom is -0.393 e. The molecule has 0 amide bonds. The zero-order chi connectivity index (χ0) is 23.9. The molecule has 0 heterocycles. The van der Waals surface area contributed by atoms with Crippen LogP contribution in [0.2, 0.25) is 0 Å². The van der Waals surface area contributed by atoms with Crippen molar-refractivity contribution in [3.05, 3.63) is 60.7 Å². The second kappa shape index (κ2) is 15.1. The molecule has 0 saturated heterocycles. The number of aliphatic hydroxyl groups excluding tert-OH is 2. The molecular formula is C21H32O8S2. The van der Waals surface area contributed by atoms with E-state index in [0.717, 1.165) is 25.7 Å². The maximum absolute atomic E-state index is 10.4. The van der Waals surface area contributed by atoms with E-state index in [1.165, 1.54) is 24.3 Å². The standard InChI is InChI=1S/C9H20O2.2C6H6O3S/c1-3-5-8(10)7-9(11)6-4-2;2*7-10(8,9)6-4-2-1-3-5-6/h8-11H,3-7H2,1-2H3;2*1-5H,(H,7,8,9). The van der Waals surface area contributed by atoms with E-state index in [1.54, 1.807) is 36.4 Å². The van der Waals surface area contributed by atoms with E-state index in [1.807, 2.05) is 13.8 Å². The van der Waals surface area contributed by atoms with Crippen molar-refractivity contribution in [3.63, 3.8) is 0 Å². The van der Waals surface area contributed by atoms with E-state index in [0.29, 0.717) is 6.42 Å². The van der Waals surface area contributed by atoms with E-state index in [4.69, 9.17) is 9.11 Å².